The smallest absolute Gasteiger partial charge is 0.430 e. The number of alkyl halides is 6. The molecule has 1 aromatic carbocycles. The van der Waals surface area contributed by atoms with Crippen LogP contribution in [0.1, 0.15) is 25.3 Å². The molecule has 0 radical (unpaired) electrons. The second-order valence-electron chi connectivity index (χ2n) is 5.86. The first kappa shape index (κ1) is 20.3. The largest absolute Gasteiger partial charge is 0.464 e. The zero-order valence-corrected chi connectivity index (χ0v) is 13.7. The summed E-state index contributed by atoms with van der Waals surface area (Å²) in [5, 5.41) is 9.38. The van der Waals surface area contributed by atoms with Crippen LogP contribution in [-0.2, 0) is 15.1 Å². The molecule has 1 aliphatic heterocycles. The highest BCUT2D eigenvalue weighted by molar-refractivity contribution is 5.80. The molecule has 0 amide bonds. The summed E-state index contributed by atoms with van der Waals surface area (Å²) in [7, 11) is 0. The fourth-order valence-corrected chi connectivity index (χ4v) is 2.94. The molecular formula is C16H17F6NO3. The lowest BCUT2D eigenvalue weighted by molar-refractivity contribution is -0.376. The first-order chi connectivity index (χ1) is 11.9. The minimum Gasteiger partial charge on any atom is -0.464 e. The minimum atomic E-state index is -5.94. The monoisotopic (exact) mass is 385 g/mol. The number of hydrogen-bond donors (Lipinski definition) is 1. The van der Waals surface area contributed by atoms with E-state index in [0.717, 1.165) is 12.1 Å². The average Bonchev–Trinajstić information content (AvgIpc) is 3.02. The van der Waals surface area contributed by atoms with Crippen molar-refractivity contribution in [2.45, 2.75) is 43.8 Å². The lowest BCUT2D eigenvalue weighted by atomic mass is 9.92. The third-order valence-corrected chi connectivity index (χ3v) is 4.25. The quantitative estimate of drug-likeness (QED) is 0.637. The van der Waals surface area contributed by atoms with Gasteiger partial charge in [0.15, 0.2) is 0 Å². The normalized spacial score (nSPS) is 18.9. The first-order valence-corrected chi connectivity index (χ1v) is 7.83. The molecule has 1 fully saturated rings. The van der Waals surface area contributed by atoms with Gasteiger partial charge in [0.25, 0.3) is 5.60 Å². The SMILES string of the molecule is CCOC(=O)C1CCCN1c1ccc(C(O)(C(F)(F)F)C(F)(F)F)cc1. The molecule has 0 aliphatic carbocycles. The van der Waals surface area contributed by atoms with E-state index in [1.807, 2.05) is 0 Å². The van der Waals surface area contributed by atoms with Gasteiger partial charge in [0.1, 0.15) is 6.04 Å². The number of carbonyl (C=O) groups excluding carboxylic acids is 1. The second kappa shape index (κ2) is 6.98. The predicted octanol–water partition coefficient (Wildman–Crippen LogP) is 3.53. The van der Waals surface area contributed by atoms with E-state index in [4.69, 9.17) is 4.74 Å². The Kier molecular flexibility index (Phi) is 5.46. The second-order valence-corrected chi connectivity index (χ2v) is 5.86. The minimum absolute atomic E-state index is 0.159. The van der Waals surface area contributed by atoms with Gasteiger partial charge in [0.05, 0.1) is 6.61 Å². The van der Waals surface area contributed by atoms with E-state index in [-0.39, 0.29) is 12.3 Å². The molecule has 0 bridgehead atoms. The third kappa shape index (κ3) is 3.46. The van der Waals surface area contributed by atoms with Crippen LogP contribution in [0, 0.1) is 0 Å². The maximum Gasteiger partial charge on any atom is 0.430 e. The summed E-state index contributed by atoms with van der Waals surface area (Å²) in [6.07, 6.45) is -10.8. The maximum atomic E-state index is 12.9. The Morgan fingerprint density at radius 2 is 1.69 bits per heavy atom. The number of nitrogens with zero attached hydrogens (tertiary/aromatic N) is 1. The number of benzene rings is 1. The van der Waals surface area contributed by atoms with Crippen LogP contribution in [-0.4, -0.2) is 42.6 Å². The number of carbonyl (C=O) groups is 1. The molecule has 4 nitrogen and oxygen atoms in total. The molecule has 146 valence electrons. The summed E-state index contributed by atoms with van der Waals surface area (Å²) < 4.78 is 82.3. The van der Waals surface area contributed by atoms with E-state index >= 15 is 0 Å². The van der Waals surface area contributed by atoms with Gasteiger partial charge in [0, 0.05) is 17.8 Å². The van der Waals surface area contributed by atoms with Crippen LogP contribution in [0.2, 0.25) is 0 Å². The molecule has 10 heteroatoms. The highest BCUT2D eigenvalue weighted by atomic mass is 19.4. The van der Waals surface area contributed by atoms with Crippen LogP contribution in [0.3, 0.4) is 0 Å². The molecule has 26 heavy (non-hydrogen) atoms. The Balaban J connectivity index is 2.34. The highest BCUT2D eigenvalue weighted by Crippen LogP contribution is 2.50. The van der Waals surface area contributed by atoms with Crippen molar-refractivity contribution in [2.75, 3.05) is 18.1 Å². The van der Waals surface area contributed by atoms with E-state index < -0.39 is 35.5 Å². The number of aliphatic hydroxyl groups is 1. The van der Waals surface area contributed by atoms with Gasteiger partial charge in [-0.3, -0.25) is 0 Å². The van der Waals surface area contributed by atoms with Gasteiger partial charge in [-0.1, -0.05) is 12.1 Å². The number of ether oxygens (including phenoxy) is 1. The Morgan fingerprint density at radius 3 is 2.15 bits per heavy atom. The number of rotatable bonds is 4. The van der Waals surface area contributed by atoms with Crippen LogP contribution in [0.5, 0.6) is 0 Å². The van der Waals surface area contributed by atoms with Crippen LogP contribution < -0.4 is 4.90 Å². The number of halogens is 6. The van der Waals surface area contributed by atoms with Crippen molar-refractivity contribution in [3.63, 3.8) is 0 Å². The van der Waals surface area contributed by atoms with Crippen molar-refractivity contribution in [1.82, 2.24) is 0 Å². The summed E-state index contributed by atoms with van der Waals surface area (Å²) in [6.45, 7) is 2.19. The molecule has 0 saturated carbocycles. The van der Waals surface area contributed by atoms with E-state index in [1.165, 1.54) is 0 Å². The zero-order chi connectivity index (χ0) is 19.8. The fourth-order valence-electron chi connectivity index (χ4n) is 2.94. The molecule has 1 saturated heterocycles. The Morgan fingerprint density at radius 1 is 1.15 bits per heavy atom. The Labute approximate surface area is 145 Å². The summed E-state index contributed by atoms with van der Waals surface area (Å²) >= 11 is 0. The van der Waals surface area contributed by atoms with Gasteiger partial charge in [-0.15, -0.1) is 0 Å². The molecule has 1 unspecified atom stereocenters. The molecule has 1 N–H and O–H groups in total. The molecule has 0 aromatic heterocycles. The fraction of sp³-hybridized carbons (Fsp3) is 0.562. The van der Waals surface area contributed by atoms with Crippen molar-refractivity contribution < 1.29 is 41.0 Å². The molecule has 1 aliphatic rings. The molecule has 1 atom stereocenters. The van der Waals surface area contributed by atoms with Crippen LogP contribution in [0.15, 0.2) is 24.3 Å². The Hall–Kier alpha value is -1.97. The predicted molar refractivity (Wildman–Crippen MR) is 79.4 cm³/mol. The van der Waals surface area contributed by atoms with Crippen LogP contribution >= 0.6 is 0 Å². The average molecular weight is 385 g/mol. The van der Waals surface area contributed by atoms with E-state index in [0.29, 0.717) is 31.5 Å². The van der Waals surface area contributed by atoms with Gasteiger partial charge >= 0.3 is 18.3 Å². The van der Waals surface area contributed by atoms with Crippen LogP contribution in [0.25, 0.3) is 0 Å². The van der Waals surface area contributed by atoms with Crippen molar-refractivity contribution in [3.8, 4) is 0 Å². The maximum absolute atomic E-state index is 12.9. The van der Waals surface area contributed by atoms with Crippen molar-refractivity contribution >= 4 is 11.7 Å². The third-order valence-electron chi connectivity index (χ3n) is 4.25. The van der Waals surface area contributed by atoms with Crippen molar-refractivity contribution in [2.24, 2.45) is 0 Å². The number of hydrogen-bond acceptors (Lipinski definition) is 4. The van der Waals surface area contributed by atoms with E-state index in [9.17, 15) is 36.2 Å². The number of esters is 1. The standard InChI is InChI=1S/C16H17F6NO3/c1-2-26-13(24)12-4-3-9-23(12)11-7-5-10(6-8-11)14(25,15(17,18)19)16(20,21)22/h5-8,12,25H,2-4,9H2,1H3. The summed E-state index contributed by atoms with van der Waals surface area (Å²) in [4.78, 5) is 13.5. The lowest BCUT2D eigenvalue weighted by Gasteiger charge is -2.33. The first-order valence-electron chi connectivity index (χ1n) is 7.83. The molecule has 0 spiro atoms. The van der Waals surface area contributed by atoms with Crippen LogP contribution in [0.4, 0.5) is 32.0 Å². The molecular weight excluding hydrogens is 368 g/mol. The van der Waals surface area contributed by atoms with Gasteiger partial charge < -0.3 is 14.7 Å². The van der Waals surface area contributed by atoms with Crippen molar-refractivity contribution in [3.05, 3.63) is 29.8 Å². The summed E-state index contributed by atoms with van der Waals surface area (Å²) in [5.74, 6) is -0.504. The topological polar surface area (TPSA) is 49.8 Å². The highest BCUT2D eigenvalue weighted by Gasteiger charge is 2.71. The lowest BCUT2D eigenvalue weighted by Crippen LogP contribution is -2.53. The number of anilines is 1. The van der Waals surface area contributed by atoms with Gasteiger partial charge in [-0.25, -0.2) is 4.79 Å². The molecule has 1 heterocycles. The van der Waals surface area contributed by atoms with E-state index in [1.54, 1.807) is 11.8 Å². The zero-order valence-electron chi connectivity index (χ0n) is 13.7. The Bertz CT molecular complexity index is 627. The summed E-state index contributed by atoms with van der Waals surface area (Å²) in [5.41, 5.74) is -6.03. The molecule has 2 rings (SSSR count). The molecule has 1 aromatic rings. The van der Waals surface area contributed by atoms with Gasteiger partial charge in [-0.2, -0.15) is 26.3 Å². The van der Waals surface area contributed by atoms with Crippen molar-refractivity contribution in [1.29, 1.82) is 0 Å². The van der Waals surface area contributed by atoms with E-state index in [2.05, 4.69) is 0 Å². The summed E-state index contributed by atoms with van der Waals surface area (Å²) in [6, 6.07) is 2.53. The van der Waals surface area contributed by atoms with Gasteiger partial charge in [-0.05, 0) is 31.9 Å². The van der Waals surface area contributed by atoms with Gasteiger partial charge in [0.2, 0.25) is 0 Å².